The molecule has 1 aromatic carbocycles. The smallest absolute Gasteiger partial charge is 0.338 e. The highest BCUT2D eigenvalue weighted by Gasteiger charge is 2.12. The molecular weight excluding hydrogens is 342 g/mol. The van der Waals surface area contributed by atoms with E-state index in [1.807, 2.05) is 39.0 Å². The fourth-order valence-corrected chi connectivity index (χ4v) is 3.14. The van der Waals surface area contributed by atoms with E-state index >= 15 is 0 Å². The standard InChI is InChI=1S/C21H19N3O3/c1-12-4-7-19-23-16(9-20(25)24(19)10-12)11-27-21(26)15-5-6-18-17(8-15)13(2)14(3)22-18/h4-10,22H,11H2,1-3H3. The third-order valence-electron chi connectivity index (χ3n) is 4.76. The summed E-state index contributed by atoms with van der Waals surface area (Å²) >= 11 is 0. The highest BCUT2D eigenvalue weighted by atomic mass is 16.5. The molecular formula is C21H19N3O3. The summed E-state index contributed by atoms with van der Waals surface area (Å²) in [5, 5.41) is 0.999. The van der Waals surface area contributed by atoms with Crippen LogP contribution in [0.25, 0.3) is 16.6 Å². The number of ether oxygens (including phenoxy) is 1. The van der Waals surface area contributed by atoms with E-state index in [0.717, 1.165) is 27.7 Å². The van der Waals surface area contributed by atoms with Crippen molar-refractivity contribution in [3.63, 3.8) is 0 Å². The van der Waals surface area contributed by atoms with E-state index in [9.17, 15) is 9.59 Å². The second-order valence-corrected chi connectivity index (χ2v) is 6.73. The second-order valence-electron chi connectivity index (χ2n) is 6.73. The summed E-state index contributed by atoms with van der Waals surface area (Å²) in [6.45, 7) is 5.86. The van der Waals surface area contributed by atoms with Crippen LogP contribution in [0, 0.1) is 20.8 Å². The Morgan fingerprint density at radius 2 is 1.96 bits per heavy atom. The van der Waals surface area contributed by atoms with Crippen molar-refractivity contribution in [2.45, 2.75) is 27.4 Å². The molecule has 3 heterocycles. The third-order valence-corrected chi connectivity index (χ3v) is 4.76. The summed E-state index contributed by atoms with van der Waals surface area (Å²) in [6.07, 6.45) is 1.73. The van der Waals surface area contributed by atoms with Gasteiger partial charge in [0.1, 0.15) is 12.3 Å². The molecule has 4 rings (SSSR count). The lowest BCUT2D eigenvalue weighted by atomic mass is 10.1. The number of rotatable bonds is 3. The number of H-pyrrole nitrogens is 1. The van der Waals surface area contributed by atoms with Gasteiger partial charge in [0, 0.05) is 28.9 Å². The molecule has 0 bridgehead atoms. The van der Waals surface area contributed by atoms with Gasteiger partial charge in [-0.2, -0.15) is 0 Å². The number of aryl methyl sites for hydroxylation is 3. The predicted molar refractivity (Wildman–Crippen MR) is 103 cm³/mol. The van der Waals surface area contributed by atoms with E-state index in [-0.39, 0.29) is 12.2 Å². The van der Waals surface area contributed by atoms with Crippen molar-refractivity contribution in [3.05, 3.63) is 81.0 Å². The summed E-state index contributed by atoms with van der Waals surface area (Å²) in [7, 11) is 0. The number of carbonyl (C=O) groups excluding carboxylic acids is 1. The van der Waals surface area contributed by atoms with Gasteiger partial charge in [0.25, 0.3) is 5.56 Å². The van der Waals surface area contributed by atoms with E-state index < -0.39 is 5.97 Å². The van der Waals surface area contributed by atoms with Crippen molar-refractivity contribution in [2.24, 2.45) is 0 Å². The Balaban J connectivity index is 1.57. The van der Waals surface area contributed by atoms with Crippen molar-refractivity contribution < 1.29 is 9.53 Å². The molecule has 136 valence electrons. The molecule has 1 N–H and O–H groups in total. The average Bonchev–Trinajstić information content (AvgIpc) is 2.94. The topological polar surface area (TPSA) is 76.5 Å². The average molecular weight is 361 g/mol. The predicted octanol–water partition coefficient (Wildman–Crippen LogP) is 3.46. The SMILES string of the molecule is Cc1ccc2nc(COC(=O)c3ccc4[nH]c(C)c(C)c4c3)cc(=O)n2c1. The Bertz CT molecular complexity index is 1250. The van der Waals surface area contributed by atoms with Crippen LogP contribution in [-0.4, -0.2) is 20.3 Å². The van der Waals surface area contributed by atoms with Crippen molar-refractivity contribution in [3.8, 4) is 0 Å². The van der Waals surface area contributed by atoms with Gasteiger partial charge in [0.15, 0.2) is 0 Å². The van der Waals surface area contributed by atoms with Gasteiger partial charge >= 0.3 is 5.97 Å². The van der Waals surface area contributed by atoms with Crippen LogP contribution in [0.4, 0.5) is 0 Å². The van der Waals surface area contributed by atoms with Crippen LogP contribution in [0.5, 0.6) is 0 Å². The van der Waals surface area contributed by atoms with Crippen LogP contribution in [0.15, 0.2) is 47.4 Å². The van der Waals surface area contributed by atoms with Crippen LogP contribution in [0.1, 0.15) is 32.9 Å². The van der Waals surface area contributed by atoms with E-state index in [4.69, 9.17) is 4.74 Å². The Hall–Kier alpha value is -3.41. The maximum Gasteiger partial charge on any atom is 0.338 e. The minimum atomic E-state index is -0.443. The van der Waals surface area contributed by atoms with E-state index in [2.05, 4.69) is 9.97 Å². The van der Waals surface area contributed by atoms with Crippen molar-refractivity contribution in [1.82, 2.24) is 14.4 Å². The molecule has 6 nitrogen and oxygen atoms in total. The van der Waals surface area contributed by atoms with Crippen LogP contribution in [0.2, 0.25) is 0 Å². The molecule has 0 aliphatic heterocycles. The number of aromatic amines is 1. The van der Waals surface area contributed by atoms with Gasteiger partial charge in [0.2, 0.25) is 0 Å². The van der Waals surface area contributed by atoms with Gasteiger partial charge in [-0.25, -0.2) is 9.78 Å². The Kier molecular flexibility index (Phi) is 4.03. The first-order valence-corrected chi connectivity index (χ1v) is 8.67. The molecule has 0 fully saturated rings. The number of nitrogens with one attached hydrogen (secondary N) is 1. The first-order chi connectivity index (χ1) is 12.9. The lowest BCUT2D eigenvalue weighted by Crippen LogP contribution is -2.16. The molecule has 0 saturated heterocycles. The summed E-state index contributed by atoms with van der Waals surface area (Å²) in [5.41, 5.74) is 5.36. The Labute approximate surface area is 155 Å². The molecule has 0 spiro atoms. The Morgan fingerprint density at radius 3 is 2.78 bits per heavy atom. The number of hydrogen-bond acceptors (Lipinski definition) is 4. The maximum atomic E-state index is 12.4. The summed E-state index contributed by atoms with van der Waals surface area (Å²) in [4.78, 5) is 32.3. The maximum absolute atomic E-state index is 12.4. The number of carbonyl (C=O) groups is 1. The minimum absolute atomic E-state index is 0.0539. The van der Waals surface area contributed by atoms with Gasteiger partial charge in [-0.15, -0.1) is 0 Å². The fraction of sp³-hybridized carbons (Fsp3) is 0.190. The highest BCUT2D eigenvalue weighted by Crippen LogP contribution is 2.22. The molecule has 0 atom stereocenters. The molecule has 4 aromatic rings. The first-order valence-electron chi connectivity index (χ1n) is 8.67. The molecule has 3 aromatic heterocycles. The normalized spacial score (nSPS) is 11.2. The second kappa shape index (κ2) is 6.39. The molecule has 0 radical (unpaired) electrons. The van der Waals surface area contributed by atoms with Crippen LogP contribution >= 0.6 is 0 Å². The van der Waals surface area contributed by atoms with Gasteiger partial charge < -0.3 is 9.72 Å². The number of aromatic nitrogens is 3. The van der Waals surface area contributed by atoms with Gasteiger partial charge in [-0.3, -0.25) is 9.20 Å². The third kappa shape index (κ3) is 3.10. The Morgan fingerprint density at radius 1 is 1.15 bits per heavy atom. The number of benzene rings is 1. The summed E-state index contributed by atoms with van der Waals surface area (Å²) in [6, 6.07) is 10.5. The van der Waals surface area contributed by atoms with Gasteiger partial charge in [-0.05, 0) is 56.2 Å². The fourth-order valence-electron chi connectivity index (χ4n) is 3.14. The van der Waals surface area contributed by atoms with E-state index in [0.29, 0.717) is 16.9 Å². The van der Waals surface area contributed by atoms with Crippen LogP contribution in [-0.2, 0) is 11.3 Å². The monoisotopic (exact) mass is 361 g/mol. The quantitative estimate of drug-likeness (QED) is 0.567. The number of esters is 1. The largest absolute Gasteiger partial charge is 0.456 e. The lowest BCUT2D eigenvalue weighted by molar-refractivity contribution is 0.0468. The van der Waals surface area contributed by atoms with Crippen molar-refractivity contribution in [2.75, 3.05) is 0 Å². The molecule has 0 aliphatic rings. The van der Waals surface area contributed by atoms with E-state index in [1.165, 1.54) is 10.5 Å². The van der Waals surface area contributed by atoms with Gasteiger partial charge in [0.05, 0.1) is 11.3 Å². The van der Waals surface area contributed by atoms with E-state index in [1.54, 1.807) is 18.3 Å². The van der Waals surface area contributed by atoms with Crippen LogP contribution < -0.4 is 5.56 Å². The molecule has 0 unspecified atom stereocenters. The summed E-state index contributed by atoms with van der Waals surface area (Å²) < 4.78 is 6.86. The number of fused-ring (bicyclic) bond motifs is 2. The zero-order chi connectivity index (χ0) is 19.1. The van der Waals surface area contributed by atoms with Crippen LogP contribution in [0.3, 0.4) is 0 Å². The van der Waals surface area contributed by atoms with Crippen molar-refractivity contribution in [1.29, 1.82) is 0 Å². The molecule has 0 saturated carbocycles. The summed E-state index contributed by atoms with van der Waals surface area (Å²) in [5.74, 6) is -0.443. The lowest BCUT2D eigenvalue weighted by Gasteiger charge is -2.07. The number of pyridine rings is 1. The zero-order valence-electron chi connectivity index (χ0n) is 15.4. The molecule has 27 heavy (non-hydrogen) atoms. The highest BCUT2D eigenvalue weighted by molar-refractivity contribution is 5.96. The van der Waals surface area contributed by atoms with Crippen molar-refractivity contribution >= 4 is 22.5 Å². The minimum Gasteiger partial charge on any atom is -0.456 e. The number of nitrogens with zero attached hydrogens (tertiary/aromatic N) is 2. The number of hydrogen-bond donors (Lipinski definition) is 1. The zero-order valence-corrected chi connectivity index (χ0v) is 15.4. The first kappa shape index (κ1) is 17.0. The molecule has 0 aliphatic carbocycles. The van der Waals surface area contributed by atoms with Gasteiger partial charge in [-0.1, -0.05) is 6.07 Å². The molecule has 6 heteroatoms. The molecule has 0 amide bonds.